The normalized spacial score (nSPS) is 10.8. The summed E-state index contributed by atoms with van der Waals surface area (Å²) >= 11 is 7.01. The second kappa shape index (κ2) is 8.94. The van der Waals surface area contributed by atoms with Gasteiger partial charge in [0.25, 0.3) is 11.5 Å². The van der Waals surface area contributed by atoms with Gasteiger partial charge >= 0.3 is 0 Å². The highest BCUT2D eigenvalue weighted by molar-refractivity contribution is 7.20. The number of para-hydroxylation sites is 1. The van der Waals surface area contributed by atoms with Gasteiger partial charge in [0.15, 0.2) is 0 Å². The van der Waals surface area contributed by atoms with Gasteiger partial charge in [-0.15, -0.1) is 11.3 Å². The summed E-state index contributed by atoms with van der Waals surface area (Å²) in [7, 11) is 0. The van der Waals surface area contributed by atoms with Gasteiger partial charge in [-0.2, -0.15) is 0 Å². The summed E-state index contributed by atoms with van der Waals surface area (Å²) < 4.78 is 1.23. The number of nitrogens with one attached hydrogen (secondary N) is 2. The minimum Gasteiger partial charge on any atom is -0.325 e. The molecule has 0 fully saturated rings. The monoisotopic (exact) mass is 466 g/mol. The fourth-order valence-electron chi connectivity index (χ4n) is 3.27. The molecule has 2 N–H and O–H groups in total. The number of aryl methyl sites for hydroxylation is 2. The second-order valence-electron chi connectivity index (χ2n) is 7.24. The summed E-state index contributed by atoms with van der Waals surface area (Å²) in [6.45, 7) is 3.42. The lowest BCUT2D eigenvalue weighted by molar-refractivity contribution is -0.116. The van der Waals surface area contributed by atoms with Crippen LogP contribution in [0.15, 0.2) is 59.7 Å². The molecule has 0 radical (unpaired) electrons. The van der Waals surface area contributed by atoms with Crippen LogP contribution in [0.1, 0.15) is 20.8 Å². The summed E-state index contributed by atoms with van der Waals surface area (Å²) in [5.41, 5.74) is 2.39. The van der Waals surface area contributed by atoms with Crippen LogP contribution in [0.3, 0.4) is 0 Å². The molecule has 4 aromatic rings. The minimum absolute atomic E-state index is 0.204. The van der Waals surface area contributed by atoms with Crippen LogP contribution < -0.4 is 16.2 Å². The zero-order chi connectivity index (χ0) is 22.8. The molecule has 0 saturated carbocycles. The molecule has 2 aromatic carbocycles. The van der Waals surface area contributed by atoms with E-state index in [9.17, 15) is 14.4 Å². The largest absolute Gasteiger partial charge is 0.325 e. The van der Waals surface area contributed by atoms with E-state index in [1.54, 1.807) is 31.2 Å². The van der Waals surface area contributed by atoms with Crippen molar-refractivity contribution in [3.8, 4) is 0 Å². The number of fused-ring (bicyclic) bond motifs is 1. The first-order valence-electron chi connectivity index (χ1n) is 9.74. The third-order valence-electron chi connectivity index (χ3n) is 4.96. The number of nitrogens with zero attached hydrogens (tertiary/aromatic N) is 2. The van der Waals surface area contributed by atoms with E-state index < -0.39 is 0 Å². The number of rotatable bonds is 5. The van der Waals surface area contributed by atoms with Gasteiger partial charge in [0, 0.05) is 16.4 Å². The standard InChI is InChI=1S/C23H19ClN4O3S/c1-13-5-3-4-6-17(13)27-21(30)20-14(2)19-22(32-20)25-12-28(23(19)31)11-18(29)26-16-9-7-15(24)8-10-16/h3-10,12H,11H2,1-2H3,(H,26,29)(H,27,30). The molecule has 32 heavy (non-hydrogen) atoms. The van der Waals surface area contributed by atoms with Crippen molar-refractivity contribution >= 4 is 56.3 Å². The molecule has 0 spiro atoms. The van der Waals surface area contributed by atoms with Crippen LogP contribution in [0.4, 0.5) is 11.4 Å². The Hall–Kier alpha value is -3.49. The Bertz CT molecular complexity index is 1390. The van der Waals surface area contributed by atoms with Gasteiger partial charge in [0.05, 0.1) is 16.6 Å². The Morgan fingerprint density at radius 2 is 1.78 bits per heavy atom. The molecule has 162 valence electrons. The summed E-state index contributed by atoms with van der Waals surface area (Å²) in [6.07, 6.45) is 1.32. The van der Waals surface area contributed by atoms with Crippen molar-refractivity contribution in [1.29, 1.82) is 0 Å². The Kier molecular flexibility index (Phi) is 6.07. The molecule has 0 aliphatic carbocycles. The summed E-state index contributed by atoms with van der Waals surface area (Å²) in [6, 6.07) is 14.1. The minimum atomic E-state index is -0.374. The molecule has 7 nitrogen and oxygen atoms in total. The highest BCUT2D eigenvalue weighted by Crippen LogP contribution is 2.28. The number of thiophene rings is 1. The van der Waals surface area contributed by atoms with Gasteiger partial charge in [0.2, 0.25) is 5.91 Å². The quantitative estimate of drug-likeness (QED) is 0.449. The molecule has 0 atom stereocenters. The Morgan fingerprint density at radius 1 is 1.06 bits per heavy atom. The van der Waals surface area contributed by atoms with E-state index in [0.29, 0.717) is 37.1 Å². The maximum Gasteiger partial charge on any atom is 0.266 e. The smallest absolute Gasteiger partial charge is 0.266 e. The molecule has 0 bridgehead atoms. The van der Waals surface area contributed by atoms with Gasteiger partial charge in [0.1, 0.15) is 11.4 Å². The number of hydrogen-bond acceptors (Lipinski definition) is 5. The van der Waals surface area contributed by atoms with E-state index in [2.05, 4.69) is 15.6 Å². The van der Waals surface area contributed by atoms with Crippen molar-refractivity contribution < 1.29 is 9.59 Å². The van der Waals surface area contributed by atoms with Gasteiger partial charge in [-0.05, 0) is 55.3 Å². The number of benzene rings is 2. The Balaban J connectivity index is 1.58. The molecule has 2 heterocycles. The maximum absolute atomic E-state index is 13.0. The molecule has 0 aliphatic heterocycles. The van der Waals surface area contributed by atoms with Gasteiger partial charge in [-0.25, -0.2) is 4.98 Å². The van der Waals surface area contributed by atoms with Crippen molar-refractivity contribution in [3.05, 3.63) is 86.2 Å². The van der Waals surface area contributed by atoms with E-state index in [1.165, 1.54) is 10.9 Å². The number of hydrogen-bond donors (Lipinski definition) is 2. The third-order valence-corrected chi connectivity index (χ3v) is 6.41. The van der Waals surface area contributed by atoms with E-state index in [4.69, 9.17) is 11.6 Å². The highest BCUT2D eigenvalue weighted by atomic mass is 35.5. The van der Waals surface area contributed by atoms with Crippen LogP contribution >= 0.6 is 22.9 Å². The average molecular weight is 467 g/mol. The third kappa shape index (κ3) is 4.42. The van der Waals surface area contributed by atoms with E-state index >= 15 is 0 Å². The first-order valence-corrected chi connectivity index (χ1v) is 10.9. The molecular weight excluding hydrogens is 448 g/mol. The number of anilines is 2. The molecule has 0 saturated heterocycles. The average Bonchev–Trinajstić information content (AvgIpc) is 3.11. The molecule has 0 aliphatic rings. The summed E-state index contributed by atoms with van der Waals surface area (Å²) in [5.74, 6) is -0.674. The van der Waals surface area contributed by atoms with Crippen LogP contribution in [0, 0.1) is 13.8 Å². The topological polar surface area (TPSA) is 93.1 Å². The molecule has 2 aromatic heterocycles. The predicted molar refractivity (Wildman–Crippen MR) is 128 cm³/mol. The maximum atomic E-state index is 13.0. The lowest BCUT2D eigenvalue weighted by Crippen LogP contribution is -2.27. The zero-order valence-corrected chi connectivity index (χ0v) is 18.9. The second-order valence-corrected chi connectivity index (χ2v) is 8.67. The number of carbonyl (C=O) groups excluding carboxylic acids is 2. The zero-order valence-electron chi connectivity index (χ0n) is 17.3. The number of halogens is 1. The molecular formula is C23H19ClN4O3S. The van der Waals surface area contributed by atoms with Crippen LogP contribution in [0.5, 0.6) is 0 Å². The highest BCUT2D eigenvalue weighted by Gasteiger charge is 2.20. The van der Waals surface area contributed by atoms with Crippen molar-refractivity contribution in [2.24, 2.45) is 0 Å². The fourth-order valence-corrected chi connectivity index (χ4v) is 4.43. The van der Waals surface area contributed by atoms with E-state index in [-0.39, 0.29) is 23.9 Å². The Morgan fingerprint density at radius 3 is 2.50 bits per heavy atom. The van der Waals surface area contributed by atoms with Gasteiger partial charge in [-0.3, -0.25) is 19.0 Å². The lowest BCUT2D eigenvalue weighted by Gasteiger charge is -2.08. The lowest BCUT2D eigenvalue weighted by atomic mass is 10.2. The van der Waals surface area contributed by atoms with Crippen molar-refractivity contribution in [2.45, 2.75) is 20.4 Å². The molecule has 2 amide bonds. The molecule has 9 heteroatoms. The summed E-state index contributed by atoms with van der Waals surface area (Å²) in [5, 5.41) is 6.50. The van der Waals surface area contributed by atoms with Crippen LogP contribution in [-0.2, 0) is 11.3 Å². The number of carbonyl (C=O) groups is 2. The van der Waals surface area contributed by atoms with Crippen LogP contribution in [-0.4, -0.2) is 21.4 Å². The van der Waals surface area contributed by atoms with Gasteiger partial charge in [-0.1, -0.05) is 29.8 Å². The van der Waals surface area contributed by atoms with Crippen LogP contribution in [0.25, 0.3) is 10.2 Å². The SMILES string of the molecule is Cc1ccccc1NC(=O)c1sc2ncn(CC(=O)Nc3ccc(Cl)cc3)c(=O)c2c1C. The van der Waals surface area contributed by atoms with E-state index in [0.717, 1.165) is 16.9 Å². The van der Waals surface area contributed by atoms with Crippen molar-refractivity contribution in [3.63, 3.8) is 0 Å². The first kappa shape index (κ1) is 21.7. The molecule has 4 rings (SSSR count). The van der Waals surface area contributed by atoms with Crippen molar-refractivity contribution in [2.75, 3.05) is 10.6 Å². The Labute approximate surface area is 192 Å². The predicted octanol–water partition coefficient (Wildman–Crippen LogP) is 4.62. The van der Waals surface area contributed by atoms with Gasteiger partial charge < -0.3 is 10.6 Å². The molecule has 0 unspecified atom stereocenters. The van der Waals surface area contributed by atoms with Crippen molar-refractivity contribution in [1.82, 2.24) is 9.55 Å². The fraction of sp³-hybridized carbons (Fsp3) is 0.130. The summed E-state index contributed by atoms with van der Waals surface area (Å²) in [4.78, 5) is 43.4. The number of amides is 2. The number of aromatic nitrogens is 2. The van der Waals surface area contributed by atoms with E-state index in [1.807, 2.05) is 31.2 Å². The first-order chi connectivity index (χ1) is 15.3. The van der Waals surface area contributed by atoms with Crippen LogP contribution in [0.2, 0.25) is 5.02 Å².